The fraction of sp³-hybridized carbons (Fsp3) is 0.444. The molecule has 0 heterocycles. The van der Waals surface area contributed by atoms with E-state index in [0.29, 0.717) is 13.0 Å². The summed E-state index contributed by atoms with van der Waals surface area (Å²) in [6, 6.07) is 0. The molecule has 60 valence electrons. The lowest BCUT2D eigenvalue weighted by Gasteiger charge is -1.93. The third-order valence-corrected chi connectivity index (χ3v) is 0.996. The minimum atomic E-state index is -0.301. The monoisotopic (exact) mass is 152 g/mol. The van der Waals surface area contributed by atoms with Gasteiger partial charge in [-0.15, -0.1) is 12.3 Å². The number of esters is 1. The number of ether oxygens (including phenoxy) is 1. The lowest BCUT2D eigenvalue weighted by atomic mass is 10.3. The summed E-state index contributed by atoms with van der Waals surface area (Å²) in [4.78, 5) is 10.6. The molecule has 0 radical (unpaired) electrons. The molecule has 0 aromatic rings. The van der Waals surface area contributed by atoms with Crippen molar-refractivity contribution in [3.63, 3.8) is 0 Å². The van der Waals surface area contributed by atoms with Crippen molar-refractivity contribution in [3.05, 3.63) is 12.2 Å². The molecule has 11 heavy (non-hydrogen) atoms. The van der Waals surface area contributed by atoms with E-state index in [4.69, 9.17) is 6.42 Å². The fourth-order valence-electron chi connectivity index (χ4n) is 0.537. The normalized spacial score (nSPS) is 9.45. The predicted molar refractivity (Wildman–Crippen MR) is 43.8 cm³/mol. The number of hydrogen-bond donors (Lipinski definition) is 0. The number of hydrogen-bond acceptors (Lipinski definition) is 2. The highest BCUT2D eigenvalue weighted by atomic mass is 16.5. The summed E-state index contributed by atoms with van der Waals surface area (Å²) in [6.07, 6.45) is 9.52. The summed E-state index contributed by atoms with van der Waals surface area (Å²) in [6.45, 7) is 2.19. The van der Waals surface area contributed by atoms with Crippen LogP contribution in [-0.4, -0.2) is 12.6 Å². The van der Waals surface area contributed by atoms with Gasteiger partial charge in [-0.05, 0) is 13.3 Å². The number of unbranched alkanes of at least 4 members (excludes halogenated alkanes) is 1. The average Bonchev–Trinajstić information content (AvgIpc) is 1.99. The van der Waals surface area contributed by atoms with Gasteiger partial charge in [0.25, 0.3) is 0 Å². The van der Waals surface area contributed by atoms with E-state index < -0.39 is 0 Å². The van der Waals surface area contributed by atoms with E-state index in [0.717, 1.165) is 6.42 Å². The molecule has 0 atom stereocenters. The van der Waals surface area contributed by atoms with Gasteiger partial charge in [0.15, 0.2) is 0 Å². The first-order valence-corrected chi connectivity index (χ1v) is 3.58. The van der Waals surface area contributed by atoms with Gasteiger partial charge in [-0.2, -0.15) is 0 Å². The summed E-state index contributed by atoms with van der Waals surface area (Å²) in [5.74, 6) is 2.17. The minimum absolute atomic E-state index is 0.301. The van der Waals surface area contributed by atoms with Crippen LogP contribution in [0.15, 0.2) is 12.2 Å². The van der Waals surface area contributed by atoms with E-state index in [9.17, 15) is 4.79 Å². The zero-order valence-corrected chi connectivity index (χ0v) is 6.67. The Morgan fingerprint density at radius 1 is 1.73 bits per heavy atom. The molecule has 0 aliphatic heterocycles. The Morgan fingerprint density at radius 2 is 2.45 bits per heavy atom. The van der Waals surface area contributed by atoms with Crippen molar-refractivity contribution in [2.45, 2.75) is 19.8 Å². The second-order valence-corrected chi connectivity index (χ2v) is 1.90. The fourth-order valence-corrected chi connectivity index (χ4v) is 0.537. The van der Waals surface area contributed by atoms with E-state index in [-0.39, 0.29) is 5.97 Å². The number of terminal acetylenes is 1. The van der Waals surface area contributed by atoms with Gasteiger partial charge in [0, 0.05) is 12.5 Å². The quantitative estimate of drug-likeness (QED) is 0.264. The molecule has 0 saturated heterocycles. The molecule has 0 aromatic carbocycles. The molecule has 0 spiro atoms. The summed E-state index contributed by atoms with van der Waals surface area (Å²) < 4.78 is 4.64. The van der Waals surface area contributed by atoms with Crippen LogP contribution in [0.3, 0.4) is 0 Å². The Kier molecular flexibility index (Phi) is 6.11. The zero-order chi connectivity index (χ0) is 8.53. The molecular formula is C9H12O2. The first-order chi connectivity index (χ1) is 5.31. The van der Waals surface area contributed by atoms with Crippen molar-refractivity contribution in [2.24, 2.45) is 0 Å². The highest BCUT2D eigenvalue weighted by Crippen LogP contribution is 1.89. The Balaban J connectivity index is 3.42. The molecule has 0 saturated carbocycles. The van der Waals surface area contributed by atoms with Crippen LogP contribution in [0.2, 0.25) is 0 Å². The zero-order valence-electron chi connectivity index (χ0n) is 6.67. The second kappa shape index (κ2) is 6.88. The van der Waals surface area contributed by atoms with Crippen molar-refractivity contribution >= 4 is 5.97 Å². The molecule has 0 fully saturated rings. The van der Waals surface area contributed by atoms with Crippen LogP contribution in [0.25, 0.3) is 0 Å². The molecule has 0 aromatic heterocycles. The summed E-state index contributed by atoms with van der Waals surface area (Å²) >= 11 is 0. The molecule has 0 aliphatic rings. The molecule has 2 nitrogen and oxygen atoms in total. The van der Waals surface area contributed by atoms with Gasteiger partial charge in [-0.25, -0.2) is 4.79 Å². The summed E-state index contributed by atoms with van der Waals surface area (Å²) in [7, 11) is 0. The summed E-state index contributed by atoms with van der Waals surface area (Å²) in [5.41, 5.74) is 0. The van der Waals surface area contributed by atoms with Crippen molar-refractivity contribution in [3.8, 4) is 12.3 Å². The molecule has 0 amide bonds. The van der Waals surface area contributed by atoms with Gasteiger partial charge in [0.1, 0.15) is 0 Å². The minimum Gasteiger partial charge on any atom is -0.463 e. The average molecular weight is 152 g/mol. The van der Waals surface area contributed by atoms with Gasteiger partial charge < -0.3 is 4.74 Å². The van der Waals surface area contributed by atoms with E-state index in [2.05, 4.69) is 10.7 Å². The van der Waals surface area contributed by atoms with E-state index >= 15 is 0 Å². The van der Waals surface area contributed by atoms with Crippen molar-refractivity contribution in [1.82, 2.24) is 0 Å². The standard InChI is InChI=1S/C9H12O2/c1-3-5-6-7-8-9(10)11-4-2/h1,7-8H,4-6H2,2H3. The van der Waals surface area contributed by atoms with E-state index in [1.165, 1.54) is 6.08 Å². The van der Waals surface area contributed by atoms with Gasteiger partial charge in [0.05, 0.1) is 6.61 Å². The highest BCUT2D eigenvalue weighted by Gasteiger charge is 1.90. The molecule has 0 aliphatic carbocycles. The highest BCUT2D eigenvalue weighted by molar-refractivity contribution is 5.81. The van der Waals surface area contributed by atoms with E-state index in [1.54, 1.807) is 13.0 Å². The number of rotatable bonds is 4. The third kappa shape index (κ3) is 6.66. The van der Waals surface area contributed by atoms with Crippen LogP contribution in [-0.2, 0) is 9.53 Å². The predicted octanol–water partition coefficient (Wildman–Crippen LogP) is 1.52. The van der Waals surface area contributed by atoms with Crippen LogP contribution >= 0.6 is 0 Å². The van der Waals surface area contributed by atoms with Gasteiger partial charge in [-0.1, -0.05) is 6.08 Å². The molecule has 0 bridgehead atoms. The second-order valence-electron chi connectivity index (χ2n) is 1.90. The molecule has 0 unspecified atom stereocenters. The molecule has 0 rings (SSSR count). The Labute approximate surface area is 67.2 Å². The smallest absolute Gasteiger partial charge is 0.330 e. The van der Waals surface area contributed by atoms with Crippen LogP contribution in [0.5, 0.6) is 0 Å². The number of allylic oxidation sites excluding steroid dienone is 1. The molecule has 0 N–H and O–H groups in total. The lowest BCUT2D eigenvalue weighted by molar-refractivity contribution is -0.137. The van der Waals surface area contributed by atoms with Crippen molar-refractivity contribution < 1.29 is 9.53 Å². The maximum Gasteiger partial charge on any atom is 0.330 e. The van der Waals surface area contributed by atoms with Gasteiger partial charge in [-0.3, -0.25) is 0 Å². The Bertz CT molecular complexity index is 174. The SMILES string of the molecule is C#CCCC=CC(=O)OCC. The van der Waals surface area contributed by atoms with Crippen molar-refractivity contribution in [1.29, 1.82) is 0 Å². The molecular weight excluding hydrogens is 140 g/mol. The van der Waals surface area contributed by atoms with Crippen LogP contribution in [0.4, 0.5) is 0 Å². The first-order valence-electron chi connectivity index (χ1n) is 3.58. The van der Waals surface area contributed by atoms with Gasteiger partial charge in [0.2, 0.25) is 0 Å². The van der Waals surface area contributed by atoms with E-state index in [1.807, 2.05) is 0 Å². The van der Waals surface area contributed by atoms with Crippen LogP contribution in [0.1, 0.15) is 19.8 Å². The third-order valence-electron chi connectivity index (χ3n) is 0.996. The Morgan fingerprint density at radius 3 is 3.00 bits per heavy atom. The first kappa shape index (κ1) is 9.77. The maximum atomic E-state index is 10.6. The van der Waals surface area contributed by atoms with Crippen LogP contribution < -0.4 is 0 Å². The van der Waals surface area contributed by atoms with Gasteiger partial charge >= 0.3 is 5.97 Å². The van der Waals surface area contributed by atoms with Crippen LogP contribution in [0, 0.1) is 12.3 Å². The largest absolute Gasteiger partial charge is 0.463 e. The van der Waals surface area contributed by atoms with Crippen molar-refractivity contribution in [2.75, 3.05) is 6.61 Å². The summed E-state index contributed by atoms with van der Waals surface area (Å²) in [5, 5.41) is 0. The number of carbonyl (C=O) groups excluding carboxylic acids is 1. The topological polar surface area (TPSA) is 26.3 Å². The maximum absolute atomic E-state index is 10.6. The number of carbonyl (C=O) groups is 1. The Hall–Kier alpha value is -1.23. The molecule has 2 heteroatoms. The lowest BCUT2D eigenvalue weighted by Crippen LogP contribution is -1.98.